The van der Waals surface area contributed by atoms with E-state index in [4.69, 9.17) is 4.74 Å². The summed E-state index contributed by atoms with van der Waals surface area (Å²) < 4.78 is 5.49. The Balaban J connectivity index is 3.36. The minimum atomic E-state index is -0.664. The van der Waals surface area contributed by atoms with E-state index < -0.39 is 12.1 Å². The maximum Gasteiger partial charge on any atom is 0.305 e. The highest BCUT2D eigenvalue weighted by atomic mass is 16.5. The van der Waals surface area contributed by atoms with Crippen molar-refractivity contribution < 1.29 is 24.5 Å². The monoisotopic (exact) mass is 1300 g/mol. The van der Waals surface area contributed by atoms with Gasteiger partial charge in [0.05, 0.1) is 25.4 Å². The fourth-order valence-electron chi connectivity index (χ4n) is 13.4. The minimum absolute atomic E-state index is 0.00612. The molecule has 0 saturated carbocycles. The predicted octanol–water partition coefficient (Wildman–Crippen LogP) is 28.3. The molecule has 1 amide bonds. The zero-order valence-corrected chi connectivity index (χ0v) is 63.0. The van der Waals surface area contributed by atoms with Crippen molar-refractivity contribution >= 4 is 11.9 Å². The summed E-state index contributed by atoms with van der Waals surface area (Å²) in [4.78, 5) is 24.6. The van der Waals surface area contributed by atoms with Crippen molar-refractivity contribution in [2.24, 2.45) is 0 Å². The third kappa shape index (κ3) is 78.7. The Bertz CT molecular complexity index is 1550. The van der Waals surface area contributed by atoms with Gasteiger partial charge in [-0.15, -0.1) is 0 Å². The second kappa shape index (κ2) is 82.2. The summed E-state index contributed by atoms with van der Waals surface area (Å²) in [7, 11) is 0. The van der Waals surface area contributed by atoms with E-state index in [0.29, 0.717) is 25.9 Å². The van der Waals surface area contributed by atoms with Crippen molar-refractivity contribution in [1.82, 2.24) is 5.32 Å². The summed E-state index contributed by atoms with van der Waals surface area (Å²) in [5.74, 6) is -0.0203. The van der Waals surface area contributed by atoms with Crippen molar-refractivity contribution in [2.45, 2.75) is 482 Å². The zero-order chi connectivity index (χ0) is 67.0. The molecule has 6 nitrogen and oxygen atoms in total. The number of carbonyl (C=O) groups is 2. The number of rotatable bonds is 80. The van der Waals surface area contributed by atoms with Crippen LogP contribution in [0.1, 0.15) is 470 Å². The molecule has 2 unspecified atom stereocenters. The van der Waals surface area contributed by atoms with Crippen molar-refractivity contribution in [2.75, 3.05) is 13.2 Å². The molecule has 3 N–H and O–H groups in total. The Hall–Kier alpha value is -2.18. The topological polar surface area (TPSA) is 95.9 Å². The van der Waals surface area contributed by atoms with Crippen LogP contribution in [0.25, 0.3) is 0 Å². The van der Waals surface area contributed by atoms with Crippen LogP contribution in [0.5, 0.6) is 0 Å². The summed E-state index contributed by atoms with van der Waals surface area (Å²) >= 11 is 0. The molecule has 0 aromatic heterocycles. The van der Waals surface area contributed by atoms with Gasteiger partial charge < -0.3 is 20.3 Å². The van der Waals surface area contributed by atoms with E-state index in [9.17, 15) is 19.8 Å². The number of hydrogen-bond donors (Lipinski definition) is 3. The van der Waals surface area contributed by atoms with Crippen molar-refractivity contribution in [3.63, 3.8) is 0 Å². The van der Waals surface area contributed by atoms with Crippen LogP contribution < -0.4 is 5.32 Å². The quantitative estimate of drug-likeness (QED) is 0.0320. The average molecular weight is 1310 g/mol. The molecule has 2 atom stereocenters. The Morgan fingerprint density at radius 3 is 0.849 bits per heavy atom. The number of unbranched alkanes of at least 4 members (excludes halogenated alkanes) is 61. The summed E-state index contributed by atoms with van der Waals surface area (Å²) in [6.45, 7) is 4.96. The van der Waals surface area contributed by atoms with Crippen molar-refractivity contribution in [1.29, 1.82) is 0 Å². The maximum absolute atomic E-state index is 12.6. The zero-order valence-electron chi connectivity index (χ0n) is 63.0. The second-order valence-corrected chi connectivity index (χ2v) is 29.2. The minimum Gasteiger partial charge on any atom is -0.466 e. The van der Waals surface area contributed by atoms with Crippen LogP contribution >= 0.6 is 0 Å². The second-order valence-electron chi connectivity index (χ2n) is 29.2. The van der Waals surface area contributed by atoms with Crippen LogP contribution in [0.2, 0.25) is 0 Å². The Morgan fingerprint density at radius 1 is 0.301 bits per heavy atom. The lowest BCUT2D eigenvalue weighted by Crippen LogP contribution is -2.45. The first-order chi connectivity index (χ1) is 46.0. The lowest BCUT2D eigenvalue weighted by Gasteiger charge is -2.22. The van der Waals surface area contributed by atoms with Gasteiger partial charge in [-0.25, -0.2) is 0 Å². The Labute approximate surface area is 582 Å². The molecule has 0 rings (SSSR count). The van der Waals surface area contributed by atoms with E-state index in [1.807, 2.05) is 0 Å². The van der Waals surface area contributed by atoms with E-state index in [1.54, 1.807) is 0 Å². The first kappa shape index (κ1) is 90.8. The number of esters is 1. The third-order valence-corrected chi connectivity index (χ3v) is 19.9. The predicted molar refractivity (Wildman–Crippen MR) is 412 cm³/mol. The average Bonchev–Trinajstić information content (AvgIpc) is 3.78. The number of allylic oxidation sites excluding steroid dienone is 8. The van der Waals surface area contributed by atoms with Crippen LogP contribution in [0.3, 0.4) is 0 Å². The fourth-order valence-corrected chi connectivity index (χ4v) is 13.4. The summed E-state index contributed by atoms with van der Waals surface area (Å²) in [6, 6.07) is -0.541. The summed E-state index contributed by atoms with van der Waals surface area (Å²) in [5, 5.41) is 23.5. The maximum atomic E-state index is 12.6. The molecule has 93 heavy (non-hydrogen) atoms. The van der Waals surface area contributed by atoms with Crippen LogP contribution in [0.4, 0.5) is 0 Å². The molecule has 0 spiro atoms. The van der Waals surface area contributed by atoms with Gasteiger partial charge >= 0.3 is 5.97 Å². The van der Waals surface area contributed by atoms with Crippen molar-refractivity contribution in [3.05, 3.63) is 48.6 Å². The molecular formula is C87H165NO5. The number of nitrogens with one attached hydrogen (secondary N) is 1. The molecular weight excluding hydrogens is 1140 g/mol. The lowest BCUT2D eigenvalue weighted by atomic mass is 10.0. The molecule has 0 heterocycles. The summed E-state index contributed by atoms with van der Waals surface area (Å²) in [6.07, 6.45) is 109. The highest BCUT2D eigenvalue weighted by Gasteiger charge is 2.20. The number of carbonyl (C=O) groups excluding carboxylic acids is 2. The van der Waals surface area contributed by atoms with Crippen LogP contribution in [-0.4, -0.2) is 47.4 Å². The molecule has 0 aliphatic heterocycles. The molecule has 0 fully saturated rings. The highest BCUT2D eigenvalue weighted by molar-refractivity contribution is 5.76. The standard InChI is InChI=1S/C87H165NO5/c1-3-5-7-9-11-13-15-17-19-20-21-22-40-43-46-49-52-55-59-63-67-71-75-79-85(90)84(83-89)88-86(91)80-76-72-68-64-60-56-53-50-47-44-41-38-36-34-32-30-28-26-24-23-25-27-29-31-33-35-37-39-42-45-48-51-54-58-62-66-70-74-78-82-93-87(92)81-77-73-69-65-61-57-18-16-14-12-10-8-6-4-2/h10,12,16,18,23-24,27,29,84-85,89-90H,3-9,11,13-15,17,19-22,25-26,28,30-83H2,1-2H3,(H,88,91)/b12-10-,18-16-,24-23-,29-27-. The van der Waals surface area contributed by atoms with Crippen LogP contribution in [0, 0.1) is 0 Å². The van der Waals surface area contributed by atoms with Gasteiger partial charge in [0.15, 0.2) is 0 Å². The van der Waals surface area contributed by atoms with Gasteiger partial charge in [0, 0.05) is 12.8 Å². The van der Waals surface area contributed by atoms with E-state index in [1.165, 1.54) is 379 Å². The highest BCUT2D eigenvalue weighted by Crippen LogP contribution is 2.20. The number of ether oxygens (including phenoxy) is 1. The molecule has 548 valence electrons. The molecule has 0 aliphatic rings. The van der Waals surface area contributed by atoms with Crippen molar-refractivity contribution in [3.8, 4) is 0 Å². The van der Waals surface area contributed by atoms with Crippen LogP contribution in [-0.2, 0) is 14.3 Å². The van der Waals surface area contributed by atoms with E-state index >= 15 is 0 Å². The lowest BCUT2D eigenvalue weighted by molar-refractivity contribution is -0.143. The van der Waals surface area contributed by atoms with Gasteiger partial charge in [0.2, 0.25) is 5.91 Å². The van der Waals surface area contributed by atoms with E-state index in [0.717, 1.165) is 57.8 Å². The molecule has 0 aromatic rings. The van der Waals surface area contributed by atoms with Gasteiger partial charge in [0.25, 0.3) is 0 Å². The van der Waals surface area contributed by atoms with Crippen LogP contribution in [0.15, 0.2) is 48.6 Å². The Kier molecular flexibility index (Phi) is 80.3. The largest absolute Gasteiger partial charge is 0.466 e. The smallest absolute Gasteiger partial charge is 0.305 e. The first-order valence-electron chi connectivity index (χ1n) is 42.4. The number of aliphatic hydroxyl groups is 2. The van der Waals surface area contributed by atoms with Gasteiger partial charge in [0.1, 0.15) is 0 Å². The molecule has 6 heteroatoms. The molecule has 0 bridgehead atoms. The molecule has 0 saturated heterocycles. The molecule has 0 radical (unpaired) electrons. The SMILES string of the molecule is CCCC/C=C\C/C=C\CCCCCCCC(=O)OCCCCCCCCCCCCCCCCC/C=C\C/C=C\CCCCCCCCCCCCCCCCCCCC(=O)NC(CO)C(O)CCCCCCCCCCCCCCCCCCCCCCCCC. The van der Waals surface area contributed by atoms with Gasteiger partial charge in [-0.05, 0) is 83.5 Å². The van der Waals surface area contributed by atoms with Gasteiger partial charge in [-0.3, -0.25) is 9.59 Å². The third-order valence-electron chi connectivity index (χ3n) is 19.9. The molecule has 0 aromatic carbocycles. The number of aliphatic hydroxyl groups excluding tert-OH is 2. The molecule has 0 aliphatic carbocycles. The Morgan fingerprint density at radius 2 is 0.548 bits per heavy atom. The number of hydrogen-bond acceptors (Lipinski definition) is 5. The summed E-state index contributed by atoms with van der Waals surface area (Å²) in [5.41, 5.74) is 0. The van der Waals surface area contributed by atoms with E-state index in [-0.39, 0.29) is 18.5 Å². The fraction of sp³-hybridized carbons (Fsp3) is 0.885. The van der Waals surface area contributed by atoms with E-state index in [2.05, 4.69) is 67.8 Å². The van der Waals surface area contributed by atoms with Gasteiger partial charge in [-0.2, -0.15) is 0 Å². The number of amides is 1. The first-order valence-corrected chi connectivity index (χ1v) is 42.4. The van der Waals surface area contributed by atoms with Gasteiger partial charge in [-0.1, -0.05) is 422 Å². The normalized spacial score (nSPS) is 12.7.